The Morgan fingerprint density at radius 1 is 0.684 bits per heavy atom. The molecule has 1 aromatic heterocycles. The smallest absolute Gasteiger partial charge is 0.233 e. The zero-order chi connectivity index (χ0) is 26.0. The molecule has 5 rings (SSSR count). The van der Waals surface area contributed by atoms with Gasteiger partial charge in [0.1, 0.15) is 0 Å². The van der Waals surface area contributed by atoms with Crippen molar-refractivity contribution in [1.82, 2.24) is 19.7 Å². The number of carbonyl (C=O) groups excluding carboxylic acids is 1. The third kappa shape index (κ3) is 6.78. The third-order valence-electron chi connectivity index (χ3n) is 6.34. The largest absolute Gasteiger partial charge is 0.337 e. The van der Waals surface area contributed by atoms with Gasteiger partial charge in [-0.2, -0.15) is 0 Å². The van der Waals surface area contributed by atoms with Gasteiger partial charge in [0.15, 0.2) is 11.0 Å². The lowest BCUT2D eigenvalue weighted by atomic mass is 10.1. The zero-order valence-electron chi connectivity index (χ0n) is 21.2. The third-order valence-corrected chi connectivity index (χ3v) is 7.29. The summed E-state index contributed by atoms with van der Waals surface area (Å²) in [5, 5.41) is 9.76. The van der Waals surface area contributed by atoms with Crippen molar-refractivity contribution in [2.75, 3.05) is 12.3 Å². The molecule has 1 heterocycles. The SMILES string of the molecule is O=C(CSc1nnc(-c2ccccc2)n1Cc1ccccc1)N(CCc1ccccc1)Cc1ccccc1. The van der Waals surface area contributed by atoms with E-state index in [0.717, 1.165) is 34.1 Å². The number of aromatic nitrogens is 3. The van der Waals surface area contributed by atoms with E-state index in [4.69, 9.17) is 0 Å². The molecule has 6 heteroatoms. The molecule has 0 aliphatic heterocycles. The first-order chi connectivity index (χ1) is 18.8. The quantitative estimate of drug-likeness (QED) is 0.191. The fraction of sp³-hybridized carbons (Fsp3) is 0.156. The van der Waals surface area contributed by atoms with E-state index in [1.807, 2.05) is 89.8 Å². The number of hydrogen-bond donors (Lipinski definition) is 0. The van der Waals surface area contributed by atoms with Crippen LogP contribution in [0.4, 0.5) is 0 Å². The molecule has 0 aliphatic carbocycles. The number of carbonyl (C=O) groups is 1. The Bertz CT molecular complexity index is 1420. The van der Waals surface area contributed by atoms with Crippen LogP contribution in [0.25, 0.3) is 11.4 Å². The first-order valence-electron chi connectivity index (χ1n) is 12.8. The van der Waals surface area contributed by atoms with Crippen molar-refractivity contribution < 1.29 is 4.79 Å². The lowest BCUT2D eigenvalue weighted by molar-refractivity contribution is -0.128. The van der Waals surface area contributed by atoms with Crippen LogP contribution in [-0.4, -0.2) is 37.9 Å². The van der Waals surface area contributed by atoms with Gasteiger partial charge in [0.2, 0.25) is 5.91 Å². The molecule has 38 heavy (non-hydrogen) atoms. The standard InChI is InChI=1S/C32H30N4OS/c37-30(35(23-27-15-7-2-8-16-27)22-21-26-13-5-1-6-14-26)25-38-32-34-33-31(29-19-11-4-12-20-29)36(32)24-28-17-9-3-10-18-28/h1-20H,21-25H2. The van der Waals surface area contributed by atoms with Crippen LogP contribution in [0.1, 0.15) is 16.7 Å². The van der Waals surface area contributed by atoms with Crippen molar-refractivity contribution in [2.24, 2.45) is 0 Å². The molecule has 5 aromatic rings. The average Bonchev–Trinajstić information content (AvgIpc) is 3.38. The highest BCUT2D eigenvalue weighted by Crippen LogP contribution is 2.25. The molecule has 190 valence electrons. The summed E-state index contributed by atoms with van der Waals surface area (Å²) in [5.41, 5.74) is 4.51. The van der Waals surface area contributed by atoms with Crippen LogP contribution >= 0.6 is 11.8 Å². The topological polar surface area (TPSA) is 51.0 Å². The van der Waals surface area contributed by atoms with E-state index in [9.17, 15) is 4.79 Å². The minimum Gasteiger partial charge on any atom is -0.337 e. The highest BCUT2D eigenvalue weighted by molar-refractivity contribution is 7.99. The first-order valence-corrected chi connectivity index (χ1v) is 13.8. The summed E-state index contributed by atoms with van der Waals surface area (Å²) in [4.78, 5) is 15.5. The van der Waals surface area contributed by atoms with E-state index < -0.39 is 0 Å². The molecule has 0 N–H and O–H groups in total. The van der Waals surface area contributed by atoms with Gasteiger partial charge in [-0.15, -0.1) is 10.2 Å². The lowest BCUT2D eigenvalue weighted by Crippen LogP contribution is -2.34. The van der Waals surface area contributed by atoms with Gasteiger partial charge in [0.25, 0.3) is 0 Å². The van der Waals surface area contributed by atoms with Gasteiger partial charge < -0.3 is 4.90 Å². The maximum atomic E-state index is 13.5. The predicted octanol–water partition coefficient (Wildman–Crippen LogP) is 6.36. The Labute approximate surface area is 228 Å². The fourth-order valence-corrected chi connectivity index (χ4v) is 5.17. The van der Waals surface area contributed by atoms with Gasteiger partial charge >= 0.3 is 0 Å². The van der Waals surface area contributed by atoms with Gasteiger partial charge in [-0.3, -0.25) is 9.36 Å². The van der Waals surface area contributed by atoms with Gasteiger partial charge in [0.05, 0.1) is 12.3 Å². The Morgan fingerprint density at radius 2 is 1.24 bits per heavy atom. The summed E-state index contributed by atoms with van der Waals surface area (Å²) in [6.45, 7) is 1.87. The first kappa shape index (κ1) is 25.5. The van der Waals surface area contributed by atoms with Crippen molar-refractivity contribution in [2.45, 2.75) is 24.7 Å². The summed E-state index contributed by atoms with van der Waals surface area (Å²) in [6.07, 6.45) is 0.812. The van der Waals surface area contributed by atoms with Gasteiger partial charge in [-0.05, 0) is 23.1 Å². The monoisotopic (exact) mass is 518 g/mol. The Morgan fingerprint density at radius 3 is 1.87 bits per heavy atom. The predicted molar refractivity (Wildman–Crippen MR) is 154 cm³/mol. The number of rotatable bonds is 11. The van der Waals surface area contributed by atoms with Crippen LogP contribution in [0.15, 0.2) is 126 Å². The number of amides is 1. The van der Waals surface area contributed by atoms with E-state index in [1.54, 1.807) is 0 Å². The van der Waals surface area contributed by atoms with E-state index >= 15 is 0 Å². The second-order valence-electron chi connectivity index (χ2n) is 9.07. The molecule has 0 bridgehead atoms. The normalized spacial score (nSPS) is 10.8. The van der Waals surface area contributed by atoms with Crippen LogP contribution < -0.4 is 0 Å². The van der Waals surface area contributed by atoms with Crippen molar-refractivity contribution in [3.05, 3.63) is 138 Å². The molecule has 0 spiro atoms. The van der Waals surface area contributed by atoms with Gasteiger partial charge in [-0.1, -0.05) is 133 Å². The number of nitrogens with zero attached hydrogens (tertiary/aromatic N) is 4. The Kier molecular flexibility index (Phi) is 8.64. The minimum absolute atomic E-state index is 0.0882. The molecule has 4 aromatic carbocycles. The van der Waals surface area contributed by atoms with Crippen LogP contribution in [0.3, 0.4) is 0 Å². The molecule has 0 unspecified atom stereocenters. The molecule has 0 aliphatic rings. The number of thioether (sulfide) groups is 1. The molecule has 1 amide bonds. The number of benzene rings is 4. The highest BCUT2D eigenvalue weighted by atomic mass is 32.2. The summed E-state index contributed by atoms with van der Waals surface area (Å²) >= 11 is 1.45. The average molecular weight is 519 g/mol. The van der Waals surface area contributed by atoms with Crippen LogP contribution in [0.5, 0.6) is 0 Å². The summed E-state index contributed by atoms with van der Waals surface area (Å²) in [6, 6.07) is 40.8. The van der Waals surface area contributed by atoms with Crippen molar-refractivity contribution in [3.8, 4) is 11.4 Å². The lowest BCUT2D eigenvalue weighted by Gasteiger charge is -2.23. The van der Waals surface area contributed by atoms with E-state index in [-0.39, 0.29) is 5.91 Å². The molecule has 0 fully saturated rings. The van der Waals surface area contributed by atoms with Crippen molar-refractivity contribution in [1.29, 1.82) is 0 Å². The van der Waals surface area contributed by atoms with Gasteiger partial charge in [0, 0.05) is 18.7 Å². The number of hydrogen-bond acceptors (Lipinski definition) is 4. The van der Waals surface area contributed by atoms with Crippen LogP contribution in [0, 0.1) is 0 Å². The van der Waals surface area contributed by atoms with Crippen molar-refractivity contribution in [3.63, 3.8) is 0 Å². The Balaban J connectivity index is 1.34. The maximum absolute atomic E-state index is 13.5. The summed E-state index contributed by atoms with van der Waals surface area (Å²) < 4.78 is 2.11. The zero-order valence-corrected chi connectivity index (χ0v) is 22.0. The molecule has 0 atom stereocenters. The molecular weight excluding hydrogens is 488 g/mol. The summed E-state index contributed by atoms with van der Waals surface area (Å²) in [7, 11) is 0. The second kappa shape index (κ2) is 12.9. The maximum Gasteiger partial charge on any atom is 0.233 e. The van der Waals surface area contributed by atoms with Crippen molar-refractivity contribution >= 4 is 17.7 Å². The van der Waals surface area contributed by atoms with Crippen LogP contribution in [0.2, 0.25) is 0 Å². The Hall–Kier alpha value is -4.16. The minimum atomic E-state index is 0.0882. The molecule has 0 saturated heterocycles. The van der Waals surface area contributed by atoms with E-state index in [2.05, 4.69) is 51.2 Å². The van der Waals surface area contributed by atoms with E-state index in [0.29, 0.717) is 25.4 Å². The van der Waals surface area contributed by atoms with Crippen LogP contribution in [-0.2, 0) is 24.3 Å². The van der Waals surface area contributed by atoms with Gasteiger partial charge in [-0.25, -0.2) is 0 Å². The molecule has 5 nitrogen and oxygen atoms in total. The molecule has 0 radical (unpaired) electrons. The molecule has 0 saturated carbocycles. The summed E-state index contributed by atoms with van der Waals surface area (Å²) in [5.74, 6) is 1.18. The fourth-order valence-electron chi connectivity index (χ4n) is 4.33. The molecular formula is C32H30N4OS. The highest BCUT2D eigenvalue weighted by Gasteiger charge is 2.19. The second-order valence-corrected chi connectivity index (χ2v) is 10.0. The van der Waals surface area contributed by atoms with E-state index in [1.165, 1.54) is 17.3 Å².